The molecule has 23 heteroatoms. The van der Waals surface area contributed by atoms with Crippen LogP contribution in [0, 0.1) is 27.7 Å². The standard InChI is InChI=1S/C76H76N8.2C15H12N2.2Co.F6P.H2O2/c1-17-45-37(9)57-31-65-49(21-5)41(13)73(81-65)71(74-42(14)50(22-6)66(82-74)32-58-38(10)46(18-2)62(78-58)35-61(45)77-57)55-29-25-27-53-54-28-26-30-56(70(54)69(53)55)72-75-43(15)51(23-7)67(83-75)33-59-39(11)47(19-3)63(79-59)36-64-48(20-4)40(12)60(80-64)34-68-52(24-8)44(16)76(72)84-68;2*1-3-7-13(8-4-1)15-11-16-12-17(15)14-9-5-2-6-10-14;;;1-7(2,3,4,5)6;1-2/h25-36H,17-24H2,1-16H3;2*1-12H;;;;1-2H/q-4;;;+2;+3;-1;. The first kappa shape index (κ1) is 94.5. The number of aromatic nitrogens is 12. The second-order valence-electron chi connectivity index (χ2n) is 32.3. The van der Waals surface area contributed by atoms with Crippen molar-refractivity contribution in [1.82, 2.24) is 59.0 Å². The number of imidazole rings is 2. The Morgan fingerprint density at radius 2 is 0.589 bits per heavy atom. The zero-order valence-electron chi connectivity index (χ0n) is 75.1. The molecule has 0 fully saturated rings. The normalized spacial score (nSPS) is 13.1. The average molecular weight is 1840 g/mol. The van der Waals surface area contributed by atoms with Crippen LogP contribution < -0.4 is 19.9 Å². The van der Waals surface area contributed by atoms with E-state index in [2.05, 4.69) is 251 Å². The number of fused-ring (bicyclic) bond motifs is 20. The van der Waals surface area contributed by atoms with Crippen LogP contribution in [0.15, 0.2) is 219 Å². The molecule has 14 nitrogen and oxygen atoms in total. The molecule has 6 aromatic carbocycles. The Morgan fingerprint density at radius 1 is 0.310 bits per heavy atom. The van der Waals surface area contributed by atoms with Gasteiger partial charge in [0, 0.05) is 22.5 Å². The van der Waals surface area contributed by atoms with E-state index in [1.165, 1.54) is 122 Å². The van der Waals surface area contributed by atoms with Crippen molar-refractivity contribution in [3.63, 3.8) is 0 Å². The summed E-state index contributed by atoms with van der Waals surface area (Å²) in [5.74, 6) is 0. The van der Waals surface area contributed by atoms with Crippen molar-refractivity contribution >= 4 is 96.5 Å². The summed E-state index contributed by atoms with van der Waals surface area (Å²) in [7, 11) is -10.7. The molecule has 0 saturated heterocycles. The van der Waals surface area contributed by atoms with E-state index in [0.29, 0.717) is 0 Å². The van der Waals surface area contributed by atoms with Gasteiger partial charge in [-0.2, -0.15) is 0 Å². The van der Waals surface area contributed by atoms with Gasteiger partial charge >= 0.3 is 66.5 Å². The summed E-state index contributed by atoms with van der Waals surface area (Å²) in [6.07, 6.45) is 14.2. The van der Waals surface area contributed by atoms with E-state index in [9.17, 15) is 25.2 Å². The first-order valence-electron chi connectivity index (χ1n) is 43.4. The van der Waals surface area contributed by atoms with Gasteiger partial charge in [-0.15, -0.1) is 44.1 Å². The number of nitrogens with zero attached hydrogens (tertiary/aromatic N) is 12. The Balaban J connectivity index is 0.000000255. The zero-order valence-corrected chi connectivity index (χ0v) is 78.1. The minimum absolute atomic E-state index is 0. The van der Waals surface area contributed by atoms with Gasteiger partial charge in [-0.1, -0.05) is 270 Å². The van der Waals surface area contributed by atoms with Crippen molar-refractivity contribution in [3.8, 4) is 78.4 Å². The summed E-state index contributed by atoms with van der Waals surface area (Å²) in [5.41, 5.74) is 50.8. The fourth-order valence-corrected chi connectivity index (χ4v) is 18.8. The number of hydrogen-bond donors (Lipinski definition) is 2. The number of aryl methyl sites for hydroxylation is 8. The number of para-hydroxylation sites is 2. The summed E-state index contributed by atoms with van der Waals surface area (Å²) < 4.78 is 63.4. The van der Waals surface area contributed by atoms with Gasteiger partial charge in [-0.05, 0) is 220 Å². The van der Waals surface area contributed by atoms with Crippen LogP contribution in [0.25, 0.3) is 167 Å². The van der Waals surface area contributed by atoms with Crippen LogP contribution in [0.5, 0.6) is 0 Å². The maximum atomic E-state index is 9.87. The number of benzene rings is 6. The third-order valence-electron chi connectivity index (χ3n) is 25.1. The summed E-state index contributed by atoms with van der Waals surface area (Å²) >= 11 is 0. The van der Waals surface area contributed by atoms with Crippen LogP contribution in [0.1, 0.15) is 199 Å². The predicted octanol–water partition coefficient (Wildman–Crippen LogP) is 29.8. The third-order valence-corrected chi connectivity index (χ3v) is 25.1. The fraction of sp³-hybridized carbons (Fsp3) is 0.226. The molecule has 0 unspecified atom stereocenters. The number of rotatable bonds is 14. The molecule has 2 N–H and O–H groups in total. The maximum absolute atomic E-state index is 10.7. The summed E-state index contributed by atoms with van der Waals surface area (Å²) in [6.45, 7) is 35.9. The molecule has 0 atom stereocenters. The molecule has 19 rings (SSSR count). The minimum atomic E-state index is -10.7. The van der Waals surface area contributed by atoms with Gasteiger partial charge in [0.1, 0.15) is 0 Å². The molecule has 12 heterocycles. The van der Waals surface area contributed by atoms with Gasteiger partial charge < -0.3 is 19.9 Å². The molecule has 1 aliphatic carbocycles. The van der Waals surface area contributed by atoms with Gasteiger partial charge in [0.05, 0.1) is 82.0 Å². The number of hydrogen-bond acceptors (Lipinski definition) is 8. The van der Waals surface area contributed by atoms with Gasteiger partial charge in [-0.3, -0.25) is 19.6 Å². The Morgan fingerprint density at radius 3 is 0.915 bits per heavy atom. The quantitative estimate of drug-likeness (QED) is 0.0455. The molecular formula is C106H102Co2F6N12O2P. The van der Waals surface area contributed by atoms with Crippen molar-refractivity contribution in [2.75, 3.05) is 0 Å². The van der Waals surface area contributed by atoms with Crippen LogP contribution in [0.3, 0.4) is 0 Å². The van der Waals surface area contributed by atoms with Crippen LogP contribution in [-0.4, -0.2) is 49.6 Å². The van der Waals surface area contributed by atoms with E-state index in [0.717, 1.165) is 186 Å². The monoisotopic (exact) mass is 1840 g/mol. The zero-order chi connectivity index (χ0) is 90.3. The van der Waals surface area contributed by atoms with E-state index in [1.807, 2.05) is 97.8 Å². The SMILES string of the molecule is CCC1=C(C)c2cc3[n-]c(c(C)c3CC)c(-c3cccc4c3-c3c-4cccc3-c3c4nc(cc5[n-]c(cc6nc(cc7[n-]c3c(C)c7CC)C(C)=C6CC)c(CC)c5C)C(CC)=C4C)c3nc(cc4[n-]c(cc1n2)c(CC)c4C)C(CC)=C3C.F[P-](F)(F)(F)(F)F.OO.[Co+2].[Co+3].c1ccc(-c2cncn2-c2ccccc2)cc1.c1ccc(-c2cncn2-c2ccccc2)cc1. The Labute approximate surface area is 769 Å². The molecule has 0 amide bonds. The Kier molecular flexibility index (Phi) is 27.8. The minimum Gasteiger partial charge on any atom is -0.299 e. The molecule has 1 radical (unpaired) electrons. The number of halogens is 6. The molecule has 129 heavy (non-hydrogen) atoms. The van der Waals surface area contributed by atoms with Crippen LogP contribution in [-0.2, 0) is 59.2 Å². The number of allylic oxidation sites excluding steroid dienone is 8. The molecule has 8 aromatic heterocycles. The molecule has 5 aliphatic rings. The molecule has 0 saturated carbocycles. The van der Waals surface area contributed by atoms with E-state index in [-0.39, 0.29) is 33.6 Å². The van der Waals surface area contributed by atoms with Gasteiger partial charge in [-0.25, -0.2) is 29.9 Å². The van der Waals surface area contributed by atoms with Crippen molar-refractivity contribution < 1.29 is 69.3 Å². The summed E-state index contributed by atoms with van der Waals surface area (Å²) in [6, 6.07) is 68.2. The third kappa shape index (κ3) is 18.6. The fourth-order valence-electron chi connectivity index (χ4n) is 18.8. The topological polar surface area (TPSA) is 184 Å². The summed E-state index contributed by atoms with van der Waals surface area (Å²) in [5, 5.41) is 12.0. The molecule has 14 aromatic rings. The van der Waals surface area contributed by atoms with Crippen LogP contribution in [0.2, 0.25) is 0 Å². The molecule has 16 bridgehead atoms. The summed E-state index contributed by atoms with van der Waals surface area (Å²) in [4.78, 5) is 53.3. The van der Waals surface area contributed by atoms with Gasteiger partial charge in [0.25, 0.3) is 0 Å². The van der Waals surface area contributed by atoms with E-state index < -0.39 is 7.81 Å². The first-order valence-corrected chi connectivity index (χ1v) is 45.4. The largest absolute Gasteiger partial charge is 3.00 e. The van der Waals surface area contributed by atoms with Crippen LogP contribution >= 0.6 is 7.81 Å². The van der Waals surface area contributed by atoms with Crippen LogP contribution in [0.4, 0.5) is 25.2 Å². The second-order valence-corrected chi connectivity index (χ2v) is 34.2. The smallest absolute Gasteiger partial charge is 0.299 e. The Bertz CT molecular complexity index is 6630. The molecule has 663 valence electrons. The molecular weight excluding hydrogens is 1740 g/mol. The Hall–Kier alpha value is -12.1. The van der Waals surface area contributed by atoms with Crippen molar-refractivity contribution in [2.45, 2.75) is 162 Å². The first-order chi connectivity index (χ1) is 61.0. The van der Waals surface area contributed by atoms with Gasteiger partial charge in [0.15, 0.2) is 0 Å². The van der Waals surface area contributed by atoms with Gasteiger partial charge in [0.2, 0.25) is 0 Å². The van der Waals surface area contributed by atoms with Crippen molar-refractivity contribution in [3.05, 3.63) is 309 Å². The molecule has 0 spiro atoms. The predicted molar refractivity (Wildman–Crippen MR) is 511 cm³/mol. The second kappa shape index (κ2) is 37.9. The maximum Gasteiger partial charge on any atom is 3.00 e. The molecule has 4 aliphatic heterocycles. The van der Waals surface area contributed by atoms with Crippen molar-refractivity contribution in [2.24, 2.45) is 0 Å². The average Bonchev–Trinajstić information content (AvgIpc) is 0.754. The van der Waals surface area contributed by atoms with E-state index in [1.54, 1.807) is 0 Å². The van der Waals surface area contributed by atoms with E-state index in [4.69, 9.17) is 50.4 Å². The van der Waals surface area contributed by atoms with E-state index >= 15 is 0 Å². The van der Waals surface area contributed by atoms with Crippen molar-refractivity contribution in [1.29, 1.82) is 0 Å².